The molecule has 4 aromatic heterocycles. The molecule has 0 aliphatic rings. The second-order valence-electron chi connectivity index (χ2n) is 8.26. The molecule has 200 valence electrons. The number of nitrogen functional groups attached to an aromatic ring is 2. The summed E-state index contributed by atoms with van der Waals surface area (Å²) < 4.78 is 10.0. The van der Waals surface area contributed by atoms with Gasteiger partial charge in [-0.3, -0.25) is 0 Å². The number of nitrogens with two attached hydrogens (primary N) is 2. The Balaban J connectivity index is 0.000000212. The van der Waals surface area contributed by atoms with E-state index in [2.05, 4.69) is 19.9 Å². The second kappa shape index (κ2) is 14.1. The molecule has 0 bridgehead atoms. The van der Waals surface area contributed by atoms with E-state index in [1.807, 2.05) is 39.0 Å². The number of aryl methyl sites for hydroxylation is 4. The molecule has 10 nitrogen and oxygen atoms in total. The zero-order valence-corrected chi connectivity index (χ0v) is 23.0. The van der Waals surface area contributed by atoms with Gasteiger partial charge in [-0.05, 0) is 57.0 Å². The van der Waals surface area contributed by atoms with Gasteiger partial charge in [0.25, 0.3) is 0 Å². The van der Waals surface area contributed by atoms with Crippen LogP contribution in [0.2, 0.25) is 5.15 Å². The van der Waals surface area contributed by atoms with E-state index >= 15 is 0 Å². The average Bonchev–Trinajstić information content (AvgIpc) is 2.88. The Morgan fingerprint density at radius 2 is 1.26 bits per heavy atom. The molecule has 0 amide bonds. The lowest BCUT2D eigenvalue weighted by atomic mass is 9.81. The number of aromatic nitrogens is 4. The van der Waals surface area contributed by atoms with Crippen molar-refractivity contribution in [2.45, 2.75) is 27.7 Å². The fourth-order valence-electron chi connectivity index (χ4n) is 3.20. The average molecular weight is 539 g/mol. The van der Waals surface area contributed by atoms with Gasteiger partial charge in [0, 0.05) is 34.5 Å². The molecule has 4 aromatic rings. The number of hydrogen-bond donors (Lipinski definition) is 4. The highest BCUT2D eigenvalue weighted by atomic mass is 35.5. The third-order valence-corrected chi connectivity index (χ3v) is 5.60. The van der Waals surface area contributed by atoms with Crippen LogP contribution in [0.5, 0.6) is 11.8 Å². The molecule has 0 spiro atoms. The van der Waals surface area contributed by atoms with Crippen molar-refractivity contribution < 1.29 is 19.5 Å². The second-order valence-corrected chi connectivity index (χ2v) is 8.62. The van der Waals surface area contributed by atoms with Crippen LogP contribution in [0.4, 0.5) is 11.6 Å². The number of halogens is 1. The summed E-state index contributed by atoms with van der Waals surface area (Å²) in [6, 6.07) is 10.9. The van der Waals surface area contributed by atoms with Crippen LogP contribution in [0.15, 0.2) is 48.8 Å². The molecular formula is C26H32BClN6O4. The van der Waals surface area contributed by atoms with Crippen molar-refractivity contribution in [2.24, 2.45) is 0 Å². The maximum atomic E-state index is 8.79. The van der Waals surface area contributed by atoms with Gasteiger partial charge in [-0.15, -0.1) is 0 Å². The third kappa shape index (κ3) is 8.58. The fraction of sp³-hybridized carbons (Fsp3) is 0.231. The molecule has 0 saturated heterocycles. The molecular weight excluding hydrogens is 507 g/mol. The van der Waals surface area contributed by atoms with Crippen molar-refractivity contribution in [3.05, 3.63) is 76.2 Å². The van der Waals surface area contributed by atoms with E-state index in [4.69, 9.17) is 42.6 Å². The molecule has 6 N–H and O–H groups in total. The lowest BCUT2D eigenvalue weighted by Gasteiger charge is -2.08. The summed E-state index contributed by atoms with van der Waals surface area (Å²) in [4.78, 5) is 16.3. The van der Waals surface area contributed by atoms with Gasteiger partial charge in [-0.25, -0.2) is 19.9 Å². The van der Waals surface area contributed by atoms with Crippen molar-refractivity contribution in [2.75, 3.05) is 25.7 Å². The van der Waals surface area contributed by atoms with Gasteiger partial charge in [-0.1, -0.05) is 29.8 Å². The highest BCUT2D eigenvalue weighted by molar-refractivity contribution is 6.58. The van der Waals surface area contributed by atoms with E-state index in [9.17, 15) is 0 Å². The van der Waals surface area contributed by atoms with Gasteiger partial charge in [0.15, 0.2) is 0 Å². The Morgan fingerprint density at radius 3 is 1.74 bits per heavy atom. The van der Waals surface area contributed by atoms with Crippen molar-refractivity contribution >= 4 is 35.8 Å². The summed E-state index contributed by atoms with van der Waals surface area (Å²) >= 11 is 5.62. The van der Waals surface area contributed by atoms with Crippen LogP contribution in [0.1, 0.15) is 22.3 Å². The molecule has 4 rings (SSSR count). The highest BCUT2D eigenvalue weighted by Gasteiger charge is 2.12. The Kier molecular flexibility index (Phi) is 11.3. The monoisotopic (exact) mass is 538 g/mol. The number of pyridine rings is 4. The van der Waals surface area contributed by atoms with Crippen LogP contribution in [0.25, 0.3) is 11.3 Å². The highest BCUT2D eigenvalue weighted by Crippen LogP contribution is 2.25. The van der Waals surface area contributed by atoms with Crippen LogP contribution < -0.4 is 26.4 Å². The molecule has 12 heteroatoms. The Hall–Kier alpha value is -3.93. The van der Waals surface area contributed by atoms with Gasteiger partial charge >= 0.3 is 7.12 Å². The summed E-state index contributed by atoms with van der Waals surface area (Å²) in [5, 5.41) is 18.1. The lowest BCUT2D eigenvalue weighted by Crippen LogP contribution is -2.30. The largest absolute Gasteiger partial charge is 0.490 e. The zero-order chi connectivity index (χ0) is 28.4. The number of anilines is 2. The molecule has 0 aliphatic carbocycles. The van der Waals surface area contributed by atoms with E-state index in [-0.39, 0.29) is 0 Å². The van der Waals surface area contributed by atoms with Crippen LogP contribution >= 0.6 is 11.6 Å². The van der Waals surface area contributed by atoms with Crippen molar-refractivity contribution in [3.63, 3.8) is 0 Å². The standard InChI is InChI=1S/C13H15N3O.C7H10BNO3.C6H7ClN2/c1-8-4-5-11(14)16-12(8)10-6-9(2)13(17-3)15-7-10;1-5-3-6(8(10)11)4-9-7(5)12-2;1-4-2-3-5(8)9-6(4)7/h4-7H,1-3H3,(H2,14,16);3-4,10-11H,1-2H3;2-3H,1H3,(H2,8,9). The van der Waals surface area contributed by atoms with Gasteiger partial charge < -0.3 is 31.0 Å². The number of methoxy groups -OCH3 is 2. The molecule has 0 unspecified atom stereocenters. The molecule has 38 heavy (non-hydrogen) atoms. The first-order chi connectivity index (χ1) is 18.0. The van der Waals surface area contributed by atoms with Gasteiger partial charge in [0.05, 0.1) is 19.9 Å². The molecule has 0 aromatic carbocycles. The Labute approximate surface area is 227 Å². The smallest absolute Gasteiger partial charge is 0.481 e. The van der Waals surface area contributed by atoms with Crippen molar-refractivity contribution in [1.82, 2.24) is 19.9 Å². The SMILES string of the molecule is COc1ncc(-c2nc(N)ccc2C)cc1C.COc1ncc(B(O)O)cc1C.Cc1ccc(N)nc1Cl. The van der Waals surface area contributed by atoms with E-state index in [1.165, 1.54) is 13.3 Å². The quantitative estimate of drug-likeness (QED) is 0.224. The minimum Gasteiger partial charge on any atom is -0.481 e. The molecule has 0 saturated carbocycles. The van der Waals surface area contributed by atoms with E-state index < -0.39 is 7.12 Å². The number of nitrogens with zero attached hydrogens (tertiary/aromatic N) is 4. The number of ether oxygens (including phenoxy) is 2. The van der Waals surface area contributed by atoms with Crippen molar-refractivity contribution in [3.8, 4) is 23.0 Å². The maximum Gasteiger partial charge on any atom is 0.490 e. The first-order valence-electron chi connectivity index (χ1n) is 11.5. The lowest BCUT2D eigenvalue weighted by molar-refractivity contribution is 0.394. The number of rotatable bonds is 4. The van der Waals surface area contributed by atoms with Crippen molar-refractivity contribution in [1.29, 1.82) is 0 Å². The first-order valence-corrected chi connectivity index (χ1v) is 11.8. The third-order valence-electron chi connectivity index (χ3n) is 5.22. The number of hydrogen-bond acceptors (Lipinski definition) is 10. The summed E-state index contributed by atoms with van der Waals surface area (Å²) in [6.45, 7) is 7.63. The normalized spacial score (nSPS) is 9.92. The van der Waals surface area contributed by atoms with E-state index in [1.54, 1.807) is 38.4 Å². The maximum absolute atomic E-state index is 8.79. The fourth-order valence-corrected chi connectivity index (χ4v) is 3.36. The van der Waals surface area contributed by atoms with Crippen LogP contribution in [-0.4, -0.2) is 51.3 Å². The molecule has 0 fully saturated rings. The predicted octanol–water partition coefficient (Wildman–Crippen LogP) is 3.06. The van der Waals surface area contributed by atoms with E-state index in [0.29, 0.717) is 34.0 Å². The summed E-state index contributed by atoms with van der Waals surface area (Å²) in [6.07, 6.45) is 3.12. The van der Waals surface area contributed by atoms with E-state index in [0.717, 1.165) is 33.5 Å². The zero-order valence-electron chi connectivity index (χ0n) is 22.2. The minimum atomic E-state index is -1.47. The Morgan fingerprint density at radius 1 is 0.737 bits per heavy atom. The molecule has 0 radical (unpaired) electrons. The van der Waals surface area contributed by atoms with Crippen LogP contribution in [0, 0.1) is 27.7 Å². The van der Waals surface area contributed by atoms with Crippen LogP contribution in [0.3, 0.4) is 0 Å². The topological polar surface area (TPSA) is 163 Å². The molecule has 0 aliphatic heterocycles. The van der Waals surface area contributed by atoms with Gasteiger partial charge in [0.2, 0.25) is 11.8 Å². The Bertz CT molecular complexity index is 1370. The summed E-state index contributed by atoms with van der Waals surface area (Å²) in [5.74, 6) is 2.11. The van der Waals surface area contributed by atoms with Gasteiger partial charge in [-0.2, -0.15) is 0 Å². The van der Waals surface area contributed by atoms with Crippen LogP contribution in [-0.2, 0) is 0 Å². The van der Waals surface area contributed by atoms with Gasteiger partial charge in [0.1, 0.15) is 16.8 Å². The molecule has 0 atom stereocenters. The first kappa shape index (κ1) is 30.3. The predicted molar refractivity (Wildman–Crippen MR) is 152 cm³/mol. The summed E-state index contributed by atoms with van der Waals surface area (Å²) in [5.41, 5.74) is 17.0. The molecule has 4 heterocycles. The summed E-state index contributed by atoms with van der Waals surface area (Å²) in [7, 11) is 1.66. The minimum absolute atomic E-state index is 0.369.